The normalized spacial score (nSPS) is 16.5. The van der Waals surface area contributed by atoms with Crippen LogP contribution in [0.15, 0.2) is 15.4 Å². The number of nitrogens with two attached hydrogens (primary N) is 1. The Morgan fingerprint density at radius 1 is 1.35 bits per heavy atom. The van der Waals surface area contributed by atoms with E-state index in [1.807, 2.05) is 13.8 Å². The first-order valence-corrected chi connectivity index (χ1v) is 10.2. The molecule has 1 aliphatic rings. The van der Waals surface area contributed by atoms with Gasteiger partial charge in [0.2, 0.25) is 10.0 Å². The minimum Gasteiger partial charge on any atom is -0.455 e. The van der Waals surface area contributed by atoms with Crippen molar-refractivity contribution < 1.29 is 17.6 Å². The molecule has 2 heterocycles. The Labute approximate surface area is 162 Å². The number of nitrogens with zero attached hydrogens (tertiary/aromatic N) is 2. The van der Waals surface area contributed by atoms with E-state index in [9.17, 15) is 13.2 Å². The molecule has 7 nitrogen and oxygen atoms in total. The van der Waals surface area contributed by atoms with Gasteiger partial charge in [-0.2, -0.15) is 4.31 Å². The van der Waals surface area contributed by atoms with Crippen LogP contribution in [0.1, 0.15) is 49.4 Å². The molecule has 150 valence electrons. The molecule has 1 amide bonds. The quantitative estimate of drug-likeness (QED) is 0.747. The Balaban J connectivity index is 0.00000338. The molecule has 2 N–H and O–H groups in total. The molecule has 0 aromatic carbocycles. The van der Waals surface area contributed by atoms with Crippen LogP contribution in [0.5, 0.6) is 0 Å². The molecule has 1 fully saturated rings. The number of carbonyl (C=O) groups is 1. The highest BCUT2D eigenvalue weighted by Crippen LogP contribution is 2.26. The monoisotopic (exact) mass is 407 g/mol. The average molecular weight is 408 g/mol. The van der Waals surface area contributed by atoms with Gasteiger partial charge in [-0.15, -0.1) is 12.4 Å². The molecule has 1 atom stereocenters. The highest BCUT2D eigenvalue weighted by atomic mass is 35.5. The van der Waals surface area contributed by atoms with Crippen LogP contribution in [0.2, 0.25) is 0 Å². The summed E-state index contributed by atoms with van der Waals surface area (Å²) in [5.41, 5.74) is 6.01. The lowest BCUT2D eigenvalue weighted by molar-refractivity contribution is 0.0756. The van der Waals surface area contributed by atoms with Crippen LogP contribution in [0.3, 0.4) is 0 Å². The lowest BCUT2D eigenvalue weighted by Gasteiger charge is -2.20. The number of carbonyl (C=O) groups excluding carboxylic acids is 1. The predicted molar refractivity (Wildman–Crippen MR) is 103 cm³/mol. The summed E-state index contributed by atoms with van der Waals surface area (Å²) in [5, 5.41) is 0. The van der Waals surface area contributed by atoms with E-state index >= 15 is 0 Å². The molecule has 2 rings (SSSR count). The number of amides is 1. The zero-order valence-electron chi connectivity index (χ0n) is 15.9. The first kappa shape index (κ1) is 23.0. The third kappa shape index (κ3) is 5.00. The van der Waals surface area contributed by atoms with Gasteiger partial charge in [0, 0.05) is 38.8 Å². The van der Waals surface area contributed by atoms with Crippen molar-refractivity contribution in [1.29, 1.82) is 0 Å². The van der Waals surface area contributed by atoms with Gasteiger partial charge >= 0.3 is 0 Å². The minimum absolute atomic E-state index is 0. The molecule has 1 unspecified atom stereocenters. The van der Waals surface area contributed by atoms with Crippen molar-refractivity contribution in [3.8, 4) is 0 Å². The fraction of sp³-hybridized carbons (Fsp3) is 0.706. The van der Waals surface area contributed by atoms with E-state index in [-0.39, 0.29) is 40.8 Å². The van der Waals surface area contributed by atoms with Crippen LogP contribution in [-0.4, -0.2) is 56.3 Å². The second-order valence-electron chi connectivity index (χ2n) is 7.07. The van der Waals surface area contributed by atoms with Crippen molar-refractivity contribution in [2.75, 3.05) is 26.7 Å². The van der Waals surface area contributed by atoms with Crippen LogP contribution < -0.4 is 5.73 Å². The first-order valence-electron chi connectivity index (χ1n) is 8.76. The van der Waals surface area contributed by atoms with Gasteiger partial charge in [-0.1, -0.05) is 13.8 Å². The first-order chi connectivity index (χ1) is 11.6. The molecule has 1 aromatic heterocycles. The second-order valence-corrected chi connectivity index (χ2v) is 8.97. The number of aryl methyl sites for hydroxylation is 1. The molecule has 26 heavy (non-hydrogen) atoms. The van der Waals surface area contributed by atoms with Crippen LogP contribution in [0.25, 0.3) is 0 Å². The van der Waals surface area contributed by atoms with Gasteiger partial charge < -0.3 is 15.1 Å². The standard InChI is InChI=1S/C17H29N3O4S.ClH/c1-12(2)14(18)7-10-19(4)17(21)15-11-16(13(3)24-15)25(22,23)20-8-5-6-9-20;/h11-12,14H,5-10,18H2,1-4H3;1H. The highest BCUT2D eigenvalue weighted by molar-refractivity contribution is 7.89. The molecule has 1 aromatic rings. The fourth-order valence-electron chi connectivity index (χ4n) is 2.86. The summed E-state index contributed by atoms with van der Waals surface area (Å²) in [7, 11) is -1.93. The smallest absolute Gasteiger partial charge is 0.289 e. The predicted octanol–water partition coefficient (Wildman–Crippen LogP) is 2.24. The van der Waals surface area contributed by atoms with Gasteiger partial charge in [-0.3, -0.25) is 4.79 Å². The summed E-state index contributed by atoms with van der Waals surface area (Å²) in [6.07, 6.45) is 2.40. The summed E-state index contributed by atoms with van der Waals surface area (Å²) in [4.78, 5) is 14.1. The third-order valence-corrected chi connectivity index (χ3v) is 6.77. The maximum Gasteiger partial charge on any atom is 0.289 e. The van der Waals surface area contributed by atoms with Gasteiger partial charge in [0.1, 0.15) is 10.7 Å². The number of halogens is 1. The molecule has 0 bridgehead atoms. The van der Waals surface area contributed by atoms with Crippen LogP contribution in [-0.2, 0) is 10.0 Å². The van der Waals surface area contributed by atoms with Crippen molar-refractivity contribution in [2.24, 2.45) is 11.7 Å². The largest absolute Gasteiger partial charge is 0.455 e. The Morgan fingerprint density at radius 2 is 1.92 bits per heavy atom. The molecule has 0 aliphatic carbocycles. The zero-order chi connectivity index (χ0) is 18.8. The topological polar surface area (TPSA) is 96.8 Å². The lowest BCUT2D eigenvalue weighted by Crippen LogP contribution is -2.34. The Morgan fingerprint density at radius 3 is 2.46 bits per heavy atom. The number of sulfonamides is 1. The molecule has 1 saturated heterocycles. The van der Waals surface area contributed by atoms with Gasteiger partial charge in [0.25, 0.3) is 5.91 Å². The van der Waals surface area contributed by atoms with Crippen molar-refractivity contribution in [2.45, 2.75) is 51.0 Å². The van der Waals surface area contributed by atoms with Crippen LogP contribution in [0, 0.1) is 12.8 Å². The van der Waals surface area contributed by atoms with Crippen molar-refractivity contribution in [3.63, 3.8) is 0 Å². The second kappa shape index (κ2) is 9.21. The molecule has 0 saturated carbocycles. The number of rotatable bonds is 7. The molecule has 0 radical (unpaired) electrons. The van der Waals surface area contributed by atoms with E-state index in [1.54, 1.807) is 14.0 Å². The molecular weight excluding hydrogens is 378 g/mol. The number of hydrogen-bond acceptors (Lipinski definition) is 5. The summed E-state index contributed by atoms with van der Waals surface area (Å²) in [5.74, 6) is 0.312. The van der Waals surface area contributed by atoms with Crippen molar-refractivity contribution in [1.82, 2.24) is 9.21 Å². The third-order valence-electron chi connectivity index (χ3n) is 4.77. The minimum atomic E-state index is -3.60. The lowest BCUT2D eigenvalue weighted by atomic mass is 10.0. The van der Waals surface area contributed by atoms with Gasteiger partial charge in [0.15, 0.2) is 5.76 Å². The Kier molecular flexibility index (Phi) is 8.13. The highest BCUT2D eigenvalue weighted by Gasteiger charge is 2.32. The summed E-state index contributed by atoms with van der Waals surface area (Å²) in [6.45, 7) is 7.18. The SMILES string of the molecule is Cc1oc(C(=O)N(C)CCC(N)C(C)C)cc1S(=O)(=O)N1CCCC1.Cl. The van der Waals surface area contributed by atoms with E-state index in [2.05, 4.69) is 0 Å². The van der Waals surface area contributed by atoms with E-state index in [4.69, 9.17) is 10.2 Å². The fourth-order valence-corrected chi connectivity index (χ4v) is 4.54. The molecular formula is C17H30ClN3O4S. The molecule has 9 heteroatoms. The summed E-state index contributed by atoms with van der Waals surface area (Å²) in [6, 6.07) is 1.36. The Hall–Kier alpha value is -1.09. The number of hydrogen-bond donors (Lipinski definition) is 1. The van der Waals surface area contributed by atoms with E-state index in [1.165, 1.54) is 15.3 Å². The van der Waals surface area contributed by atoms with E-state index in [0.717, 1.165) is 12.8 Å². The summed E-state index contributed by atoms with van der Waals surface area (Å²) < 4.78 is 32.3. The summed E-state index contributed by atoms with van der Waals surface area (Å²) >= 11 is 0. The van der Waals surface area contributed by atoms with Gasteiger partial charge in [-0.25, -0.2) is 8.42 Å². The van der Waals surface area contributed by atoms with Gasteiger partial charge in [0.05, 0.1) is 0 Å². The van der Waals surface area contributed by atoms with Crippen LogP contribution >= 0.6 is 12.4 Å². The van der Waals surface area contributed by atoms with Gasteiger partial charge in [-0.05, 0) is 32.1 Å². The van der Waals surface area contributed by atoms with E-state index in [0.29, 0.717) is 32.0 Å². The van der Waals surface area contributed by atoms with Crippen molar-refractivity contribution >= 4 is 28.3 Å². The maximum atomic E-state index is 12.7. The van der Waals surface area contributed by atoms with Crippen LogP contribution in [0.4, 0.5) is 0 Å². The molecule has 0 spiro atoms. The van der Waals surface area contributed by atoms with Crippen molar-refractivity contribution in [3.05, 3.63) is 17.6 Å². The zero-order valence-corrected chi connectivity index (χ0v) is 17.5. The Bertz CT molecular complexity index is 712. The maximum absolute atomic E-state index is 12.7. The average Bonchev–Trinajstić information content (AvgIpc) is 3.21. The van der Waals surface area contributed by atoms with E-state index < -0.39 is 10.0 Å². The molecule has 1 aliphatic heterocycles. The number of furan rings is 1.